The summed E-state index contributed by atoms with van der Waals surface area (Å²) in [6, 6.07) is 11.9. The number of carbonyl (C=O) groups is 1. The Labute approximate surface area is 147 Å². The van der Waals surface area contributed by atoms with Crippen molar-refractivity contribution in [2.45, 2.75) is 18.9 Å². The molecule has 1 amide bonds. The molecular formula is C17H16BrFN2O3-2. The average molecular weight is 395 g/mol. The molecule has 2 aromatic carbocycles. The van der Waals surface area contributed by atoms with E-state index in [1.165, 1.54) is 24.3 Å². The van der Waals surface area contributed by atoms with Crippen molar-refractivity contribution in [2.24, 2.45) is 0 Å². The third-order valence-corrected chi connectivity index (χ3v) is 3.87. The number of hydrogen-bond donors (Lipinski definition) is 2. The van der Waals surface area contributed by atoms with Crippen LogP contribution in [0.4, 0.5) is 4.39 Å². The van der Waals surface area contributed by atoms with Gasteiger partial charge in [0.1, 0.15) is 5.82 Å². The molecule has 0 unspecified atom stereocenters. The van der Waals surface area contributed by atoms with Gasteiger partial charge in [0.15, 0.2) is 0 Å². The minimum atomic E-state index is -2.71. The fourth-order valence-electron chi connectivity index (χ4n) is 2.00. The highest BCUT2D eigenvalue weighted by Crippen LogP contribution is 2.14. The summed E-state index contributed by atoms with van der Waals surface area (Å²) in [5.41, 5.74) is 0.812. The van der Waals surface area contributed by atoms with Crippen molar-refractivity contribution in [3.05, 3.63) is 69.9 Å². The number of nitrogens with one attached hydrogen (secondary N) is 2. The summed E-state index contributed by atoms with van der Waals surface area (Å²) in [5, 5.41) is 28.9. The van der Waals surface area contributed by atoms with Gasteiger partial charge in [-0.2, -0.15) is 0 Å². The van der Waals surface area contributed by atoms with Crippen molar-refractivity contribution < 1.29 is 19.4 Å². The molecule has 24 heavy (non-hydrogen) atoms. The molecule has 0 aliphatic rings. The van der Waals surface area contributed by atoms with Gasteiger partial charge in [-0.05, 0) is 29.8 Å². The molecule has 0 atom stereocenters. The topological polar surface area (TPSA) is 87.2 Å². The molecule has 0 spiro atoms. The zero-order valence-electron chi connectivity index (χ0n) is 12.7. The lowest BCUT2D eigenvalue weighted by molar-refractivity contribution is -0.744. The summed E-state index contributed by atoms with van der Waals surface area (Å²) in [4.78, 5) is 11.7. The molecule has 0 aromatic heterocycles. The van der Waals surface area contributed by atoms with Crippen molar-refractivity contribution in [2.75, 3.05) is 6.54 Å². The Morgan fingerprint density at radius 1 is 1.08 bits per heavy atom. The van der Waals surface area contributed by atoms with E-state index in [4.69, 9.17) is 0 Å². The summed E-state index contributed by atoms with van der Waals surface area (Å²) in [5.74, 6) is -3.36. The van der Waals surface area contributed by atoms with E-state index in [0.29, 0.717) is 0 Å². The highest BCUT2D eigenvalue weighted by molar-refractivity contribution is 9.10. The first-order valence-electron chi connectivity index (χ1n) is 7.30. The van der Waals surface area contributed by atoms with Gasteiger partial charge in [0.25, 0.3) is 0 Å². The number of rotatable bonds is 7. The highest BCUT2D eigenvalue weighted by Gasteiger charge is 2.07. The van der Waals surface area contributed by atoms with Crippen LogP contribution in [0, 0.1) is 5.82 Å². The van der Waals surface area contributed by atoms with E-state index in [1.54, 1.807) is 24.3 Å². The van der Waals surface area contributed by atoms with Gasteiger partial charge < -0.3 is 20.8 Å². The largest absolute Gasteiger partial charge is 0.848 e. The molecule has 5 nitrogen and oxygen atoms in total. The third-order valence-electron chi connectivity index (χ3n) is 3.34. The molecule has 0 heterocycles. The number of halogens is 2. The molecule has 0 saturated carbocycles. The zero-order valence-corrected chi connectivity index (χ0v) is 14.3. The molecular weight excluding hydrogens is 379 g/mol. The molecule has 0 saturated heterocycles. The van der Waals surface area contributed by atoms with E-state index >= 15 is 0 Å². The predicted molar refractivity (Wildman–Crippen MR) is 86.7 cm³/mol. The number of hydrogen-bond acceptors (Lipinski definition) is 4. The van der Waals surface area contributed by atoms with Crippen LogP contribution in [0.25, 0.3) is 0 Å². The van der Waals surface area contributed by atoms with Crippen LogP contribution in [0.1, 0.15) is 17.5 Å². The fourth-order valence-corrected chi connectivity index (χ4v) is 2.27. The Kier molecular flexibility index (Phi) is 6.44. The van der Waals surface area contributed by atoms with E-state index in [-0.39, 0.29) is 36.8 Å². The van der Waals surface area contributed by atoms with Gasteiger partial charge >= 0.3 is 0 Å². The van der Waals surface area contributed by atoms with Crippen LogP contribution >= 0.6 is 15.9 Å². The predicted octanol–water partition coefficient (Wildman–Crippen LogP) is 0.715. The first kappa shape index (κ1) is 18.5. The van der Waals surface area contributed by atoms with Gasteiger partial charge in [0.2, 0.25) is 5.91 Å². The molecule has 0 aliphatic carbocycles. The maximum Gasteiger partial charge on any atom is 0.221 e. The summed E-state index contributed by atoms with van der Waals surface area (Å²) < 4.78 is 13.5. The van der Waals surface area contributed by atoms with Crippen LogP contribution in [-0.2, 0) is 17.3 Å². The maximum absolute atomic E-state index is 12.8. The normalized spacial score (nSPS) is 11.3. The molecule has 2 aromatic rings. The summed E-state index contributed by atoms with van der Waals surface area (Å²) in [7, 11) is 0. The monoisotopic (exact) mass is 394 g/mol. The Balaban J connectivity index is 1.75. The van der Waals surface area contributed by atoms with Gasteiger partial charge in [-0.1, -0.05) is 45.8 Å². The summed E-state index contributed by atoms with van der Waals surface area (Å²) in [6.07, 6.45) is -0.00997. The fraction of sp³-hybridized carbons (Fsp3) is 0.235. The number of carbonyl (C=O) groups excluding carboxylic acids is 1. The van der Waals surface area contributed by atoms with Crippen LogP contribution in [0.5, 0.6) is 0 Å². The molecule has 0 aliphatic heterocycles. The standard InChI is InChI=1S/C17H16BrFN2O3/c18-14-5-3-13(4-6-14)17(23,24)21-10-9-16(22)20-11-12-1-7-15(19)8-2-12/h1-8,21H,9-11H2,(H,20,22)/q-2. The smallest absolute Gasteiger partial charge is 0.221 e. The second-order valence-electron chi connectivity index (χ2n) is 5.20. The minimum Gasteiger partial charge on any atom is -0.848 e. The summed E-state index contributed by atoms with van der Waals surface area (Å²) in [6.45, 7) is 0.212. The Morgan fingerprint density at radius 2 is 1.71 bits per heavy atom. The zero-order chi connectivity index (χ0) is 17.6. The van der Waals surface area contributed by atoms with Gasteiger partial charge in [0, 0.05) is 24.0 Å². The molecule has 0 bridgehead atoms. The Hall–Kier alpha value is -1.80. The van der Waals surface area contributed by atoms with Crippen molar-refractivity contribution in [3.8, 4) is 0 Å². The highest BCUT2D eigenvalue weighted by atomic mass is 79.9. The van der Waals surface area contributed by atoms with E-state index in [1.807, 2.05) is 0 Å². The van der Waals surface area contributed by atoms with Crippen LogP contribution in [0.2, 0.25) is 0 Å². The second kappa shape index (κ2) is 8.34. The quantitative estimate of drug-likeness (QED) is 0.677. The van der Waals surface area contributed by atoms with Crippen LogP contribution in [-0.4, -0.2) is 12.5 Å². The first-order valence-corrected chi connectivity index (χ1v) is 8.09. The van der Waals surface area contributed by atoms with Crippen LogP contribution in [0.15, 0.2) is 53.0 Å². The third kappa shape index (κ3) is 5.68. The van der Waals surface area contributed by atoms with Crippen molar-refractivity contribution in [1.82, 2.24) is 10.6 Å². The first-order chi connectivity index (χ1) is 11.4. The van der Waals surface area contributed by atoms with E-state index < -0.39 is 5.91 Å². The van der Waals surface area contributed by atoms with Crippen molar-refractivity contribution in [1.29, 1.82) is 0 Å². The van der Waals surface area contributed by atoms with Gasteiger partial charge in [-0.3, -0.25) is 4.79 Å². The Bertz CT molecular complexity index is 675. The molecule has 2 rings (SSSR count). The Morgan fingerprint density at radius 3 is 2.33 bits per heavy atom. The molecule has 0 radical (unpaired) electrons. The van der Waals surface area contributed by atoms with Crippen molar-refractivity contribution >= 4 is 21.8 Å². The second-order valence-corrected chi connectivity index (χ2v) is 6.12. The van der Waals surface area contributed by atoms with Gasteiger partial charge in [-0.15, -0.1) is 5.91 Å². The summed E-state index contributed by atoms with van der Waals surface area (Å²) >= 11 is 3.23. The van der Waals surface area contributed by atoms with Crippen LogP contribution < -0.4 is 20.8 Å². The van der Waals surface area contributed by atoms with E-state index in [9.17, 15) is 19.4 Å². The number of amides is 1. The maximum atomic E-state index is 12.8. The van der Waals surface area contributed by atoms with Crippen LogP contribution in [0.3, 0.4) is 0 Å². The average Bonchev–Trinajstić information content (AvgIpc) is 2.54. The molecule has 2 N–H and O–H groups in total. The number of benzene rings is 2. The van der Waals surface area contributed by atoms with Crippen molar-refractivity contribution in [3.63, 3.8) is 0 Å². The SMILES string of the molecule is O=C(CCNC([O-])([O-])c1ccc(Br)cc1)NCc1ccc(F)cc1. The lowest BCUT2D eigenvalue weighted by Crippen LogP contribution is -2.63. The van der Waals surface area contributed by atoms with E-state index in [2.05, 4.69) is 26.6 Å². The molecule has 0 fully saturated rings. The van der Waals surface area contributed by atoms with E-state index in [0.717, 1.165) is 10.0 Å². The molecule has 128 valence electrons. The molecule has 7 heteroatoms. The lowest BCUT2D eigenvalue weighted by atomic mass is 10.1. The minimum absolute atomic E-state index is 0.00997. The van der Waals surface area contributed by atoms with Gasteiger partial charge in [0.05, 0.1) is 0 Å². The van der Waals surface area contributed by atoms with Gasteiger partial charge in [-0.25, -0.2) is 4.39 Å². The lowest BCUT2D eigenvalue weighted by Gasteiger charge is -2.50.